The summed E-state index contributed by atoms with van der Waals surface area (Å²) in [6.45, 7) is 8.87. The number of anilines is 1. The van der Waals surface area contributed by atoms with Gasteiger partial charge in [-0.1, -0.05) is 12.1 Å². The van der Waals surface area contributed by atoms with Crippen molar-refractivity contribution in [3.8, 4) is 0 Å². The molecule has 4 rings (SSSR count). The molecular weight excluding hydrogens is 397 g/mol. The highest BCUT2D eigenvalue weighted by molar-refractivity contribution is 5.80. The lowest BCUT2D eigenvalue weighted by Gasteiger charge is -2.37. The molecule has 0 saturated carbocycles. The topological polar surface area (TPSA) is 52.6 Å². The second-order valence-electron chi connectivity index (χ2n) is 8.51. The second kappa shape index (κ2) is 11.1. The Bertz CT molecular complexity index is 720. The fourth-order valence-electron chi connectivity index (χ4n) is 4.74. The van der Waals surface area contributed by atoms with Gasteiger partial charge in [0.1, 0.15) is 11.9 Å². The van der Waals surface area contributed by atoms with Crippen molar-refractivity contribution in [2.24, 2.45) is 4.99 Å². The van der Waals surface area contributed by atoms with Crippen LogP contribution in [0.25, 0.3) is 0 Å². The first-order chi connectivity index (χ1) is 15.2. The van der Waals surface area contributed by atoms with Crippen LogP contribution in [0.5, 0.6) is 0 Å². The average molecular weight is 434 g/mol. The van der Waals surface area contributed by atoms with Gasteiger partial charge in [-0.3, -0.25) is 9.89 Å². The third-order valence-corrected chi connectivity index (χ3v) is 6.48. The van der Waals surface area contributed by atoms with E-state index in [-0.39, 0.29) is 18.0 Å². The molecule has 3 fully saturated rings. The number of nitrogens with one attached hydrogen (secondary N) is 1. The number of para-hydroxylation sites is 1. The van der Waals surface area contributed by atoms with Gasteiger partial charge in [0.2, 0.25) is 0 Å². The second-order valence-corrected chi connectivity index (χ2v) is 8.51. The number of rotatable bonds is 6. The van der Waals surface area contributed by atoms with Crippen molar-refractivity contribution in [1.82, 2.24) is 15.1 Å². The predicted octanol–water partition coefficient (Wildman–Crippen LogP) is 1.79. The third kappa shape index (κ3) is 5.87. The van der Waals surface area contributed by atoms with Crippen molar-refractivity contribution < 1.29 is 13.9 Å². The lowest BCUT2D eigenvalue weighted by Crippen LogP contribution is -2.53. The van der Waals surface area contributed by atoms with E-state index in [0.29, 0.717) is 0 Å². The number of hydrogen-bond acceptors (Lipinski definition) is 5. The van der Waals surface area contributed by atoms with Crippen molar-refractivity contribution in [3.63, 3.8) is 0 Å². The van der Waals surface area contributed by atoms with Gasteiger partial charge in [-0.2, -0.15) is 0 Å². The van der Waals surface area contributed by atoms with Gasteiger partial charge >= 0.3 is 0 Å². The molecule has 8 heteroatoms. The van der Waals surface area contributed by atoms with Gasteiger partial charge in [-0.05, 0) is 37.9 Å². The van der Waals surface area contributed by atoms with Crippen LogP contribution >= 0.6 is 0 Å². The van der Waals surface area contributed by atoms with Crippen LogP contribution in [-0.2, 0) is 9.47 Å². The highest BCUT2D eigenvalue weighted by Crippen LogP contribution is 2.21. The minimum atomic E-state index is -0.128. The third-order valence-electron chi connectivity index (χ3n) is 6.48. The molecule has 0 amide bonds. The van der Waals surface area contributed by atoms with E-state index in [0.717, 1.165) is 96.5 Å². The quantitative estimate of drug-likeness (QED) is 0.420. The number of halogens is 1. The van der Waals surface area contributed by atoms with Gasteiger partial charge in [0.25, 0.3) is 0 Å². The molecule has 3 aliphatic heterocycles. The van der Waals surface area contributed by atoms with Crippen molar-refractivity contribution in [2.45, 2.75) is 31.5 Å². The molecule has 0 radical (unpaired) electrons. The smallest absolute Gasteiger partial charge is 0.193 e. The number of ether oxygens (including phenoxy) is 2. The Balaban J connectivity index is 1.15. The summed E-state index contributed by atoms with van der Waals surface area (Å²) in [5.41, 5.74) is 0.722. The van der Waals surface area contributed by atoms with Gasteiger partial charge in [0.15, 0.2) is 5.96 Å². The maximum absolute atomic E-state index is 14.0. The van der Waals surface area contributed by atoms with E-state index >= 15 is 0 Å². The number of aliphatic imine (C=N–C) groups is 1. The number of hydrogen-bond donors (Lipinski definition) is 1. The summed E-state index contributed by atoms with van der Waals surface area (Å²) in [4.78, 5) is 11.4. The number of guanidine groups is 1. The molecule has 1 aromatic rings. The summed E-state index contributed by atoms with van der Waals surface area (Å²) in [5.74, 6) is 0.826. The molecule has 0 spiro atoms. The summed E-state index contributed by atoms with van der Waals surface area (Å²) in [6, 6.07) is 7.06. The monoisotopic (exact) mass is 433 g/mol. The van der Waals surface area contributed by atoms with Crippen molar-refractivity contribution in [1.29, 1.82) is 0 Å². The Morgan fingerprint density at radius 3 is 2.65 bits per heavy atom. The van der Waals surface area contributed by atoms with E-state index < -0.39 is 0 Å². The van der Waals surface area contributed by atoms with Gasteiger partial charge in [0, 0.05) is 59.5 Å². The number of nitrogens with zero attached hydrogens (tertiary/aromatic N) is 4. The van der Waals surface area contributed by atoms with Crippen molar-refractivity contribution in [3.05, 3.63) is 30.1 Å². The molecule has 1 N–H and O–H groups in total. The molecular formula is C23H36FN5O2. The summed E-state index contributed by atoms with van der Waals surface area (Å²) >= 11 is 0. The molecule has 1 aromatic carbocycles. The lowest BCUT2D eigenvalue weighted by molar-refractivity contribution is -0.0816. The van der Waals surface area contributed by atoms with Crippen LogP contribution in [0.3, 0.4) is 0 Å². The predicted molar refractivity (Wildman–Crippen MR) is 121 cm³/mol. The summed E-state index contributed by atoms with van der Waals surface area (Å²) in [6.07, 6.45) is 3.64. The molecule has 3 heterocycles. The molecule has 2 atom stereocenters. The van der Waals surface area contributed by atoms with Crippen LogP contribution in [0.1, 0.15) is 19.3 Å². The molecule has 3 aliphatic rings. The molecule has 172 valence electrons. The first-order valence-electron chi connectivity index (χ1n) is 11.7. The molecule has 7 nitrogen and oxygen atoms in total. The highest BCUT2D eigenvalue weighted by Gasteiger charge is 2.32. The molecule has 0 bridgehead atoms. The SMILES string of the molecule is CN=C(NCCCN1CCN(c2ccccc2F)CC1)N1CCOC(C2CCCO2)C1. The molecule has 31 heavy (non-hydrogen) atoms. The Morgan fingerprint density at radius 1 is 1.10 bits per heavy atom. The van der Waals surface area contributed by atoms with E-state index in [1.54, 1.807) is 6.07 Å². The summed E-state index contributed by atoms with van der Waals surface area (Å²) in [7, 11) is 1.85. The van der Waals surface area contributed by atoms with E-state index in [4.69, 9.17) is 9.47 Å². The van der Waals surface area contributed by atoms with Crippen molar-refractivity contribution >= 4 is 11.6 Å². The number of morpholine rings is 1. The first-order valence-corrected chi connectivity index (χ1v) is 11.7. The largest absolute Gasteiger partial charge is 0.375 e. The normalized spacial score (nSPS) is 25.8. The van der Waals surface area contributed by atoms with Gasteiger partial charge in [-0.25, -0.2) is 4.39 Å². The fourth-order valence-corrected chi connectivity index (χ4v) is 4.74. The van der Waals surface area contributed by atoms with Crippen LogP contribution in [0, 0.1) is 5.82 Å². The average Bonchev–Trinajstić information content (AvgIpc) is 3.35. The Labute approximate surface area is 185 Å². The van der Waals surface area contributed by atoms with Crippen LogP contribution < -0.4 is 10.2 Å². The van der Waals surface area contributed by atoms with Gasteiger partial charge in [0.05, 0.1) is 18.4 Å². The van der Waals surface area contributed by atoms with E-state index in [1.165, 1.54) is 6.07 Å². The fraction of sp³-hybridized carbons (Fsp3) is 0.696. The molecule has 0 aliphatic carbocycles. The Morgan fingerprint density at radius 2 is 1.90 bits per heavy atom. The molecule has 3 saturated heterocycles. The van der Waals surface area contributed by atoms with Crippen LogP contribution in [0.4, 0.5) is 10.1 Å². The van der Waals surface area contributed by atoms with Crippen molar-refractivity contribution in [2.75, 3.05) is 77.5 Å². The standard InChI is InChI=1S/C23H36FN5O2/c1-25-23(29-15-17-31-22(18-29)21-8-4-16-30-21)26-9-5-10-27-11-13-28(14-12-27)20-7-3-2-6-19(20)24/h2-3,6-7,21-22H,4-5,8-18H2,1H3,(H,25,26). The lowest BCUT2D eigenvalue weighted by atomic mass is 10.1. The zero-order valence-electron chi connectivity index (χ0n) is 18.6. The zero-order valence-corrected chi connectivity index (χ0v) is 18.6. The Hall–Kier alpha value is -1.90. The summed E-state index contributed by atoms with van der Waals surface area (Å²) in [5, 5.41) is 3.52. The minimum absolute atomic E-state index is 0.128. The van der Waals surface area contributed by atoms with Gasteiger partial charge in [-0.15, -0.1) is 0 Å². The highest BCUT2D eigenvalue weighted by atomic mass is 19.1. The number of piperazine rings is 1. The minimum Gasteiger partial charge on any atom is -0.375 e. The molecule has 2 unspecified atom stereocenters. The zero-order chi connectivity index (χ0) is 21.5. The van der Waals surface area contributed by atoms with Crippen LogP contribution in [0.2, 0.25) is 0 Å². The maximum Gasteiger partial charge on any atom is 0.193 e. The van der Waals surface area contributed by atoms with Crippen LogP contribution in [-0.4, -0.2) is 101 Å². The van der Waals surface area contributed by atoms with Gasteiger partial charge < -0.3 is 24.6 Å². The summed E-state index contributed by atoms with van der Waals surface area (Å²) < 4.78 is 25.8. The molecule has 0 aromatic heterocycles. The first kappa shape index (κ1) is 22.3. The Kier molecular flexibility index (Phi) is 7.99. The maximum atomic E-state index is 14.0. The van der Waals surface area contributed by atoms with E-state index in [9.17, 15) is 4.39 Å². The van der Waals surface area contributed by atoms with E-state index in [2.05, 4.69) is 25.0 Å². The number of benzene rings is 1. The van der Waals surface area contributed by atoms with Crippen LogP contribution in [0.15, 0.2) is 29.3 Å². The van der Waals surface area contributed by atoms with E-state index in [1.807, 2.05) is 19.2 Å².